The van der Waals surface area contributed by atoms with E-state index in [-0.39, 0.29) is 0 Å². The molecule has 0 radical (unpaired) electrons. The first kappa shape index (κ1) is 13.1. The average Bonchev–Trinajstić information content (AvgIpc) is 2.36. The smallest absolute Gasteiger partial charge is 0.238 e. The van der Waals surface area contributed by atoms with Crippen LogP contribution in [0.4, 0.5) is 0 Å². The highest BCUT2D eigenvalue weighted by molar-refractivity contribution is 6.32. The first-order chi connectivity index (χ1) is 8.60. The highest BCUT2D eigenvalue weighted by atomic mass is 35.5. The van der Waals surface area contributed by atoms with Crippen LogP contribution in [0.15, 0.2) is 30.5 Å². The zero-order valence-electron chi connectivity index (χ0n) is 9.78. The molecule has 5 heteroatoms. The van der Waals surface area contributed by atoms with E-state index in [1.165, 1.54) is 0 Å². The summed E-state index contributed by atoms with van der Waals surface area (Å²) >= 11 is 12.0. The van der Waals surface area contributed by atoms with Gasteiger partial charge in [0.2, 0.25) is 5.88 Å². The number of benzene rings is 1. The van der Waals surface area contributed by atoms with E-state index in [1.807, 2.05) is 13.0 Å². The lowest BCUT2D eigenvalue weighted by atomic mass is 10.2. The largest absolute Gasteiger partial charge is 0.437 e. The Hall–Kier alpha value is -1.29. The summed E-state index contributed by atoms with van der Waals surface area (Å²) < 4.78 is 5.65. The Bertz CT molecular complexity index is 573. The topological polar surface area (TPSA) is 48.1 Å². The van der Waals surface area contributed by atoms with Gasteiger partial charge in [0.05, 0.1) is 0 Å². The van der Waals surface area contributed by atoms with Crippen molar-refractivity contribution in [3.05, 3.63) is 51.6 Å². The Labute approximate surface area is 115 Å². The van der Waals surface area contributed by atoms with Crippen LogP contribution in [-0.2, 0) is 6.54 Å². The summed E-state index contributed by atoms with van der Waals surface area (Å²) in [7, 11) is 0. The number of halogens is 2. The normalized spacial score (nSPS) is 10.4. The minimum Gasteiger partial charge on any atom is -0.437 e. The number of ether oxygens (including phenoxy) is 1. The highest BCUT2D eigenvalue weighted by Gasteiger charge is 2.08. The molecule has 1 aromatic carbocycles. The van der Waals surface area contributed by atoms with E-state index in [4.69, 9.17) is 33.7 Å². The van der Waals surface area contributed by atoms with Gasteiger partial charge in [-0.1, -0.05) is 29.3 Å². The molecule has 0 fully saturated rings. The summed E-state index contributed by atoms with van der Waals surface area (Å²) in [5.74, 6) is 0.983. The van der Waals surface area contributed by atoms with Crippen LogP contribution in [0, 0.1) is 6.92 Å². The van der Waals surface area contributed by atoms with Crippen LogP contribution in [0.25, 0.3) is 0 Å². The lowest BCUT2D eigenvalue weighted by Crippen LogP contribution is -1.98. The molecular formula is C13H12Cl2N2O. The molecule has 0 aliphatic heterocycles. The van der Waals surface area contributed by atoms with E-state index in [9.17, 15) is 0 Å². The Kier molecular flexibility index (Phi) is 4.07. The fourth-order valence-corrected chi connectivity index (χ4v) is 1.83. The van der Waals surface area contributed by atoms with Crippen molar-refractivity contribution in [3.63, 3.8) is 0 Å². The molecule has 1 heterocycles. The van der Waals surface area contributed by atoms with Crippen LogP contribution < -0.4 is 10.5 Å². The second kappa shape index (κ2) is 5.57. The summed E-state index contributed by atoms with van der Waals surface area (Å²) in [5.41, 5.74) is 7.32. The molecule has 0 saturated carbocycles. The van der Waals surface area contributed by atoms with E-state index in [0.717, 1.165) is 11.1 Å². The predicted molar refractivity (Wildman–Crippen MR) is 73.4 cm³/mol. The lowest BCUT2D eigenvalue weighted by molar-refractivity contribution is 0.459. The van der Waals surface area contributed by atoms with Crippen molar-refractivity contribution in [2.24, 2.45) is 5.73 Å². The van der Waals surface area contributed by atoms with E-state index < -0.39 is 0 Å². The standard InChI is InChI=1S/C13H12Cl2N2O/c1-8-2-3-10(14)5-12(8)18-13-11(15)4-9(6-16)7-17-13/h2-5,7H,6,16H2,1H3. The molecule has 0 amide bonds. The monoisotopic (exact) mass is 282 g/mol. The average molecular weight is 283 g/mol. The predicted octanol–water partition coefficient (Wildman–Crippen LogP) is 3.95. The van der Waals surface area contributed by atoms with Gasteiger partial charge >= 0.3 is 0 Å². The Morgan fingerprint density at radius 2 is 2.06 bits per heavy atom. The van der Waals surface area contributed by atoms with Gasteiger partial charge in [-0.3, -0.25) is 0 Å². The second-order valence-electron chi connectivity index (χ2n) is 3.85. The molecule has 0 aliphatic carbocycles. The number of rotatable bonds is 3. The molecule has 0 bridgehead atoms. The fraction of sp³-hybridized carbons (Fsp3) is 0.154. The molecule has 2 N–H and O–H groups in total. The Morgan fingerprint density at radius 1 is 1.28 bits per heavy atom. The molecule has 94 valence electrons. The molecule has 0 aliphatic rings. The zero-order chi connectivity index (χ0) is 13.1. The maximum absolute atomic E-state index is 6.07. The van der Waals surface area contributed by atoms with Gasteiger partial charge in [-0.15, -0.1) is 0 Å². The van der Waals surface area contributed by atoms with Gasteiger partial charge < -0.3 is 10.5 Å². The van der Waals surface area contributed by atoms with E-state index in [1.54, 1.807) is 24.4 Å². The molecule has 0 atom stereocenters. The van der Waals surface area contributed by atoms with Crippen molar-refractivity contribution in [2.75, 3.05) is 0 Å². The molecule has 3 nitrogen and oxygen atoms in total. The van der Waals surface area contributed by atoms with Gasteiger partial charge in [-0.25, -0.2) is 4.98 Å². The Morgan fingerprint density at radius 3 is 2.72 bits per heavy atom. The maximum atomic E-state index is 6.07. The third-order valence-electron chi connectivity index (χ3n) is 2.46. The van der Waals surface area contributed by atoms with Crippen molar-refractivity contribution in [1.82, 2.24) is 4.98 Å². The summed E-state index contributed by atoms with van der Waals surface area (Å²) in [6, 6.07) is 7.14. The SMILES string of the molecule is Cc1ccc(Cl)cc1Oc1ncc(CN)cc1Cl. The van der Waals surface area contributed by atoms with Gasteiger partial charge in [0, 0.05) is 17.8 Å². The van der Waals surface area contributed by atoms with Crippen LogP contribution in [0.1, 0.15) is 11.1 Å². The molecular weight excluding hydrogens is 271 g/mol. The molecule has 1 aromatic heterocycles. The third kappa shape index (κ3) is 2.93. The van der Waals surface area contributed by atoms with E-state index in [0.29, 0.717) is 28.2 Å². The van der Waals surface area contributed by atoms with Gasteiger partial charge in [0.25, 0.3) is 0 Å². The van der Waals surface area contributed by atoms with Gasteiger partial charge in [-0.05, 0) is 36.2 Å². The van der Waals surface area contributed by atoms with Crippen LogP contribution in [0.3, 0.4) is 0 Å². The first-order valence-electron chi connectivity index (χ1n) is 5.38. The summed E-state index contributed by atoms with van der Waals surface area (Å²) in [4.78, 5) is 4.14. The molecule has 0 unspecified atom stereocenters. The molecule has 18 heavy (non-hydrogen) atoms. The highest BCUT2D eigenvalue weighted by Crippen LogP contribution is 2.31. The van der Waals surface area contributed by atoms with Gasteiger partial charge in [0.15, 0.2) is 0 Å². The summed E-state index contributed by atoms with van der Waals surface area (Å²) in [6.45, 7) is 2.32. The van der Waals surface area contributed by atoms with E-state index >= 15 is 0 Å². The van der Waals surface area contributed by atoms with Gasteiger partial charge in [-0.2, -0.15) is 0 Å². The van der Waals surface area contributed by atoms with Crippen LogP contribution >= 0.6 is 23.2 Å². The molecule has 0 spiro atoms. The second-order valence-corrected chi connectivity index (χ2v) is 4.69. The molecule has 0 saturated heterocycles. The quantitative estimate of drug-likeness (QED) is 0.927. The van der Waals surface area contributed by atoms with Crippen LogP contribution in [0.2, 0.25) is 10.0 Å². The first-order valence-corrected chi connectivity index (χ1v) is 6.14. The van der Waals surface area contributed by atoms with Crippen molar-refractivity contribution in [1.29, 1.82) is 0 Å². The zero-order valence-corrected chi connectivity index (χ0v) is 11.3. The third-order valence-corrected chi connectivity index (χ3v) is 2.96. The number of hydrogen-bond donors (Lipinski definition) is 1. The molecule has 2 aromatic rings. The minimum atomic E-state index is 0.347. The van der Waals surface area contributed by atoms with Crippen LogP contribution in [-0.4, -0.2) is 4.98 Å². The van der Waals surface area contributed by atoms with Crippen molar-refractivity contribution in [3.8, 4) is 11.6 Å². The van der Waals surface area contributed by atoms with E-state index in [2.05, 4.69) is 4.98 Å². The molecule has 2 rings (SSSR count). The number of nitrogens with two attached hydrogens (primary N) is 1. The van der Waals surface area contributed by atoms with Crippen molar-refractivity contribution >= 4 is 23.2 Å². The number of hydrogen-bond acceptors (Lipinski definition) is 3. The van der Waals surface area contributed by atoms with Crippen LogP contribution in [0.5, 0.6) is 11.6 Å². The number of pyridine rings is 1. The Balaban J connectivity index is 2.31. The number of nitrogens with zero attached hydrogens (tertiary/aromatic N) is 1. The van der Waals surface area contributed by atoms with Crippen molar-refractivity contribution < 1.29 is 4.74 Å². The van der Waals surface area contributed by atoms with Gasteiger partial charge in [0.1, 0.15) is 10.8 Å². The summed E-state index contributed by atoms with van der Waals surface area (Å²) in [6.07, 6.45) is 1.64. The summed E-state index contributed by atoms with van der Waals surface area (Å²) in [5, 5.41) is 1.03. The lowest BCUT2D eigenvalue weighted by Gasteiger charge is -2.10. The number of aromatic nitrogens is 1. The van der Waals surface area contributed by atoms with Crippen molar-refractivity contribution in [2.45, 2.75) is 13.5 Å². The fourth-order valence-electron chi connectivity index (χ4n) is 1.44. The number of aryl methyl sites for hydroxylation is 1. The maximum Gasteiger partial charge on any atom is 0.238 e. The minimum absolute atomic E-state index is 0.347.